The highest BCUT2D eigenvalue weighted by Crippen LogP contribution is 2.24. The van der Waals surface area contributed by atoms with Crippen molar-refractivity contribution < 1.29 is 4.79 Å². The van der Waals surface area contributed by atoms with Crippen LogP contribution in [0.15, 0.2) is 12.4 Å². The van der Waals surface area contributed by atoms with Crippen molar-refractivity contribution >= 4 is 33.7 Å². The molecule has 2 aromatic heterocycles. The van der Waals surface area contributed by atoms with Crippen LogP contribution in [0.2, 0.25) is 0 Å². The molecule has 1 atom stereocenters. The molecule has 108 valence electrons. The Balaban J connectivity index is 2.04. The number of amides is 1. The zero-order chi connectivity index (χ0) is 14.5. The Bertz CT molecular complexity index is 578. The number of nitrogens with one attached hydrogen (secondary N) is 2. The minimum Gasteiger partial charge on any atom is -0.362 e. The van der Waals surface area contributed by atoms with Gasteiger partial charge in [-0.25, -0.2) is 9.97 Å². The summed E-state index contributed by atoms with van der Waals surface area (Å²) in [4.78, 5) is 22.5. The van der Waals surface area contributed by atoms with Crippen molar-refractivity contribution in [2.24, 2.45) is 0 Å². The zero-order valence-electron chi connectivity index (χ0n) is 11.8. The van der Waals surface area contributed by atoms with Gasteiger partial charge in [0.05, 0.1) is 12.2 Å². The summed E-state index contributed by atoms with van der Waals surface area (Å²) in [6.07, 6.45) is 4.26. The van der Waals surface area contributed by atoms with Crippen molar-refractivity contribution in [2.75, 3.05) is 11.9 Å². The third-order valence-electron chi connectivity index (χ3n) is 2.71. The van der Waals surface area contributed by atoms with Gasteiger partial charge in [0.1, 0.15) is 9.88 Å². The van der Waals surface area contributed by atoms with Crippen LogP contribution < -0.4 is 10.6 Å². The largest absolute Gasteiger partial charge is 0.362 e. The predicted octanol–water partition coefficient (Wildman–Crippen LogP) is 3.22. The predicted molar refractivity (Wildman–Crippen MR) is 83.6 cm³/mol. The Kier molecular flexibility index (Phi) is 5.08. The molecule has 0 spiro atoms. The van der Waals surface area contributed by atoms with Gasteiger partial charge in [-0.2, -0.15) is 0 Å². The van der Waals surface area contributed by atoms with Crippen LogP contribution >= 0.6 is 22.7 Å². The third kappa shape index (κ3) is 3.55. The lowest BCUT2D eigenvalue weighted by molar-refractivity contribution is 0.0939. The molecule has 0 bridgehead atoms. The van der Waals surface area contributed by atoms with Crippen LogP contribution in [0.5, 0.6) is 0 Å². The molecule has 0 unspecified atom stereocenters. The molecule has 0 aliphatic rings. The molecule has 2 N–H and O–H groups in total. The third-order valence-corrected chi connectivity index (χ3v) is 4.69. The number of nitrogens with zero attached hydrogens (tertiary/aromatic N) is 2. The van der Waals surface area contributed by atoms with E-state index in [0.29, 0.717) is 4.88 Å². The van der Waals surface area contributed by atoms with Gasteiger partial charge < -0.3 is 10.6 Å². The van der Waals surface area contributed by atoms with Gasteiger partial charge in [0.25, 0.3) is 5.91 Å². The van der Waals surface area contributed by atoms with Gasteiger partial charge in [-0.15, -0.1) is 11.3 Å². The summed E-state index contributed by atoms with van der Waals surface area (Å²) in [5.74, 6) is -0.0913. The van der Waals surface area contributed by atoms with E-state index in [9.17, 15) is 4.79 Å². The monoisotopic (exact) mass is 310 g/mol. The van der Waals surface area contributed by atoms with E-state index in [4.69, 9.17) is 0 Å². The lowest BCUT2D eigenvalue weighted by atomic mass is 10.2. The Morgan fingerprint density at radius 1 is 1.30 bits per heavy atom. The van der Waals surface area contributed by atoms with E-state index in [2.05, 4.69) is 20.6 Å². The summed E-state index contributed by atoms with van der Waals surface area (Å²) in [5, 5.41) is 7.85. The van der Waals surface area contributed by atoms with Crippen LogP contribution in [0.1, 0.15) is 45.9 Å². The number of aryl methyl sites for hydroxylation is 1. The molecule has 0 fully saturated rings. The fourth-order valence-corrected chi connectivity index (χ4v) is 3.41. The van der Waals surface area contributed by atoms with Crippen molar-refractivity contribution in [3.05, 3.63) is 27.2 Å². The van der Waals surface area contributed by atoms with Crippen molar-refractivity contribution in [1.29, 1.82) is 0 Å². The summed E-state index contributed by atoms with van der Waals surface area (Å²) < 4.78 is 0. The van der Waals surface area contributed by atoms with Gasteiger partial charge in [0.2, 0.25) is 0 Å². The standard InChI is InChI=1S/C13H18N4OS2/c1-4-9(12-15-6-8(3)19-12)17-11(18)10-7-16-13(20-10)14-5-2/h6-7,9H,4-5H2,1-3H3,(H,14,16)(H,17,18)/t9-/m1/s1. The summed E-state index contributed by atoms with van der Waals surface area (Å²) in [6.45, 7) is 6.85. The SMILES string of the molecule is CCNc1ncc(C(=O)N[C@H](CC)c2ncc(C)s2)s1. The molecule has 0 aliphatic heterocycles. The first-order valence-electron chi connectivity index (χ1n) is 6.56. The quantitative estimate of drug-likeness (QED) is 0.859. The molecule has 2 rings (SSSR count). The highest BCUT2D eigenvalue weighted by atomic mass is 32.1. The van der Waals surface area contributed by atoms with Crippen LogP contribution in [-0.4, -0.2) is 22.4 Å². The summed E-state index contributed by atoms with van der Waals surface area (Å²) in [6, 6.07) is -0.0362. The molecule has 2 aromatic rings. The van der Waals surface area contributed by atoms with Crippen LogP contribution in [0.25, 0.3) is 0 Å². The molecule has 2 heterocycles. The summed E-state index contributed by atoms with van der Waals surface area (Å²) >= 11 is 2.99. The smallest absolute Gasteiger partial charge is 0.263 e. The second-order valence-corrected chi connectivity index (χ2v) is 6.60. The van der Waals surface area contributed by atoms with Gasteiger partial charge in [-0.05, 0) is 20.3 Å². The van der Waals surface area contributed by atoms with Gasteiger partial charge in [-0.3, -0.25) is 4.79 Å². The summed E-state index contributed by atoms with van der Waals surface area (Å²) in [7, 11) is 0. The van der Waals surface area contributed by atoms with Crippen molar-refractivity contribution in [3.8, 4) is 0 Å². The zero-order valence-corrected chi connectivity index (χ0v) is 13.4. The Hall–Kier alpha value is -1.47. The van der Waals surface area contributed by atoms with Gasteiger partial charge in [0, 0.05) is 17.6 Å². The Labute approximate surface area is 126 Å². The molecule has 0 radical (unpaired) electrons. The molecule has 1 amide bonds. The van der Waals surface area contributed by atoms with E-state index in [1.54, 1.807) is 17.5 Å². The number of thiazole rings is 2. The fourth-order valence-electron chi connectivity index (χ4n) is 1.71. The van der Waals surface area contributed by atoms with Gasteiger partial charge in [0.15, 0.2) is 5.13 Å². The summed E-state index contributed by atoms with van der Waals surface area (Å²) in [5.41, 5.74) is 0. The maximum atomic E-state index is 12.2. The Morgan fingerprint density at radius 2 is 2.10 bits per heavy atom. The number of anilines is 1. The molecular weight excluding hydrogens is 292 g/mol. The lowest BCUT2D eigenvalue weighted by Crippen LogP contribution is -2.27. The number of hydrogen-bond acceptors (Lipinski definition) is 6. The van der Waals surface area contributed by atoms with E-state index < -0.39 is 0 Å². The fraction of sp³-hybridized carbons (Fsp3) is 0.462. The highest BCUT2D eigenvalue weighted by molar-refractivity contribution is 7.17. The molecule has 5 nitrogen and oxygen atoms in total. The first-order chi connectivity index (χ1) is 9.63. The maximum absolute atomic E-state index is 12.2. The van der Waals surface area contributed by atoms with E-state index in [-0.39, 0.29) is 11.9 Å². The van der Waals surface area contributed by atoms with Crippen LogP contribution in [0.4, 0.5) is 5.13 Å². The van der Waals surface area contributed by atoms with E-state index >= 15 is 0 Å². The minimum absolute atomic E-state index is 0.0362. The lowest BCUT2D eigenvalue weighted by Gasteiger charge is -2.13. The molecule has 0 aliphatic carbocycles. The first-order valence-corrected chi connectivity index (χ1v) is 8.20. The number of rotatable bonds is 6. The van der Waals surface area contributed by atoms with Crippen LogP contribution in [0, 0.1) is 6.92 Å². The van der Waals surface area contributed by atoms with E-state index in [1.165, 1.54) is 11.3 Å². The van der Waals surface area contributed by atoms with E-state index in [0.717, 1.165) is 28.0 Å². The van der Waals surface area contributed by atoms with Crippen LogP contribution in [-0.2, 0) is 0 Å². The molecule has 20 heavy (non-hydrogen) atoms. The topological polar surface area (TPSA) is 66.9 Å². The highest BCUT2D eigenvalue weighted by Gasteiger charge is 2.18. The number of carbonyl (C=O) groups excluding carboxylic acids is 1. The van der Waals surface area contributed by atoms with Crippen molar-refractivity contribution in [3.63, 3.8) is 0 Å². The van der Waals surface area contributed by atoms with Gasteiger partial charge in [-0.1, -0.05) is 18.3 Å². The molecule has 7 heteroatoms. The number of carbonyl (C=O) groups is 1. The van der Waals surface area contributed by atoms with Gasteiger partial charge >= 0.3 is 0 Å². The second kappa shape index (κ2) is 6.81. The molecular formula is C13H18N4OS2. The Morgan fingerprint density at radius 3 is 2.70 bits per heavy atom. The first kappa shape index (κ1) is 14.9. The minimum atomic E-state index is -0.0913. The van der Waals surface area contributed by atoms with Crippen molar-refractivity contribution in [2.45, 2.75) is 33.2 Å². The van der Waals surface area contributed by atoms with Crippen LogP contribution in [0.3, 0.4) is 0 Å². The average molecular weight is 310 g/mol. The van der Waals surface area contributed by atoms with Crippen molar-refractivity contribution in [1.82, 2.24) is 15.3 Å². The number of aromatic nitrogens is 2. The normalized spacial score (nSPS) is 12.2. The van der Waals surface area contributed by atoms with E-state index in [1.807, 2.05) is 27.0 Å². The average Bonchev–Trinajstić information content (AvgIpc) is 3.05. The molecule has 0 saturated heterocycles. The molecule has 0 saturated carbocycles. The maximum Gasteiger partial charge on any atom is 0.263 e. The second-order valence-electron chi connectivity index (χ2n) is 4.30. The number of hydrogen-bond donors (Lipinski definition) is 2. The molecule has 0 aromatic carbocycles.